The number of carbonyl (C=O) groups is 3. The molecule has 2 amide bonds. The predicted octanol–water partition coefficient (Wildman–Crippen LogP) is 6.18. The summed E-state index contributed by atoms with van der Waals surface area (Å²) in [5, 5.41) is 14.6. The topological polar surface area (TPSA) is 95.5 Å². The first-order valence-corrected chi connectivity index (χ1v) is 12.7. The number of carbonyl (C=O) groups excluding carboxylic acids is 2. The second kappa shape index (κ2) is 16.3. The number of amides is 2. The van der Waals surface area contributed by atoms with Gasteiger partial charge < -0.3 is 15.7 Å². The molecule has 0 atom stereocenters. The number of carboxylic acid groups (broad SMARTS) is 1. The summed E-state index contributed by atoms with van der Waals surface area (Å²) in [6.07, 6.45) is 10.9. The van der Waals surface area contributed by atoms with Gasteiger partial charge in [-0.05, 0) is 23.6 Å². The largest absolute Gasteiger partial charge is 0.481 e. The van der Waals surface area contributed by atoms with Crippen molar-refractivity contribution in [2.75, 3.05) is 11.9 Å². The van der Waals surface area contributed by atoms with Crippen molar-refractivity contribution >= 4 is 29.0 Å². The minimum Gasteiger partial charge on any atom is -0.481 e. The highest BCUT2D eigenvalue weighted by Gasteiger charge is 2.14. The van der Waals surface area contributed by atoms with E-state index >= 15 is 0 Å². The fourth-order valence-electron chi connectivity index (χ4n) is 3.85. The first-order chi connectivity index (χ1) is 17.0. The van der Waals surface area contributed by atoms with Crippen molar-refractivity contribution in [1.82, 2.24) is 5.32 Å². The first-order valence-electron chi connectivity index (χ1n) is 12.7. The van der Waals surface area contributed by atoms with Crippen LogP contribution >= 0.6 is 0 Å². The van der Waals surface area contributed by atoms with E-state index in [4.69, 9.17) is 5.11 Å². The van der Waals surface area contributed by atoms with E-state index in [1.807, 2.05) is 42.5 Å². The molecule has 0 aromatic heterocycles. The summed E-state index contributed by atoms with van der Waals surface area (Å²) >= 11 is 0. The summed E-state index contributed by atoms with van der Waals surface area (Å²) in [5.41, 5.74) is 2.77. The van der Waals surface area contributed by atoms with Crippen LogP contribution in [0, 0.1) is 0 Å². The lowest BCUT2D eigenvalue weighted by atomic mass is 9.95. The van der Waals surface area contributed by atoms with E-state index in [0.717, 1.165) is 18.4 Å². The number of unbranched alkanes of at least 4 members (excludes halogenated alkanes) is 7. The standard InChI is InChI=1S/C29H38N2O4/c1-2-3-4-5-6-7-8-14-21-30-28(33)22-25(23-15-10-9-11-16-23)24-17-12-13-18-26(24)31-27(32)19-20-29(34)35/h9-13,15-18,22H,2-8,14,19-21H2,1H3,(H,30,33)(H,31,32)(H,34,35)/b25-22-. The van der Waals surface area contributed by atoms with Gasteiger partial charge in [0.1, 0.15) is 0 Å². The van der Waals surface area contributed by atoms with Crippen molar-refractivity contribution in [2.24, 2.45) is 0 Å². The third-order valence-electron chi connectivity index (χ3n) is 5.75. The number of aliphatic carboxylic acids is 1. The zero-order valence-electron chi connectivity index (χ0n) is 20.7. The van der Waals surface area contributed by atoms with Gasteiger partial charge in [-0.1, -0.05) is 100 Å². The van der Waals surface area contributed by atoms with Gasteiger partial charge in [0.25, 0.3) is 0 Å². The number of benzene rings is 2. The first kappa shape index (κ1) is 27.8. The average Bonchev–Trinajstić information content (AvgIpc) is 2.86. The Morgan fingerprint density at radius 3 is 2.11 bits per heavy atom. The number of para-hydroxylation sites is 1. The summed E-state index contributed by atoms with van der Waals surface area (Å²) in [4.78, 5) is 35.9. The van der Waals surface area contributed by atoms with Gasteiger partial charge in [-0.15, -0.1) is 0 Å². The fraction of sp³-hybridized carbons (Fsp3) is 0.414. The van der Waals surface area contributed by atoms with Gasteiger partial charge in [0.15, 0.2) is 0 Å². The molecule has 3 N–H and O–H groups in total. The normalized spacial score (nSPS) is 11.2. The molecule has 2 rings (SSSR count). The predicted molar refractivity (Wildman–Crippen MR) is 141 cm³/mol. The molecule has 0 saturated heterocycles. The van der Waals surface area contributed by atoms with E-state index in [-0.39, 0.29) is 24.7 Å². The minimum atomic E-state index is -1.02. The maximum atomic E-state index is 12.8. The highest BCUT2D eigenvalue weighted by Crippen LogP contribution is 2.29. The average molecular weight is 479 g/mol. The summed E-state index contributed by atoms with van der Waals surface area (Å²) in [6, 6.07) is 16.8. The lowest BCUT2D eigenvalue weighted by molar-refractivity contribution is -0.138. The lowest BCUT2D eigenvalue weighted by Gasteiger charge is -2.15. The molecule has 0 spiro atoms. The number of nitrogens with one attached hydrogen (secondary N) is 2. The van der Waals surface area contributed by atoms with E-state index < -0.39 is 5.97 Å². The molecule has 188 valence electrons. The SMILES string of the molecule is CCCCCCCCCCNC(=O)/C=C(/c1ccccc1)c1ccccc1NC(=O)CCC(=O)O. The molecular formula is C29H38N2O4. The van der Waals surface area contributed by atoms with Crippen molar-refractivity contribution in [3.05, 3.63) is 71.8 Å². The van der Waals surface area contributed by atoms with Crippen LogP contribution in [0.5, 0.6) is 0 Å². The molecule has 0 saturated carbocycles. The second-order valence-electron chi connectivity index (χ2n) is 8.68. The second-order valence-corrected chi connectivity index (χ2v) is 8.68. The van der Waals surface area contributed by atoms with E-state index in [0.29, 0.717) is 23.4 Å². The van der Waals surface area contributed by atoms with Gasteiger partial charge in [-0.25, -0.2) is 0 Å². The van der Waals surface area contributed by atoms with Crippen LogP contribution in [0.1, 0.15) is 82.3 Å². The maximum Gasteiger partial charge on any atom is 0.303 e. The fourth-order valence-corrected chi connectivity index (χ4v) is 3.85. The Kier molecular flexibility index (Phi) is 12.9. The molecule has 2 aromatic carbocycles. The quantitative estimate of drug-likeness (QED) is 0.198. The molecular weight excluding hydrogens is 440 g/mol. The molecule has 0 fully saturated rings. The van der Waals surface area contributed by atoms with Crippen molar-refractivity contribution < 1.29 is 19.5 Å². The molecule has 0 unspecified atom stereocenters. The molecule has 0 aliphatic heterocycles. The highest BCUT2D eigenvalue weighted by molar-refractivity contribution is 6.03. The Bertz CT molecular complexity index is 970. The van der Waals surface area contributed by atoms with Crippen LogP contribution in [0.25, 0.3) is 5.57 Å². The van der Waals surface area contributed by atoms with Gasteiger partial charge in [0, 0.05) is 30.3 Å². The molecule has 0 aliphatic carbocycles. The van der Waals surface area contributed by atoms with Gasteiger partial charge in [0.05, 0.1) is 6.42 Å². The molecule has 2 aromatic rings. The van der Waals surface area contributed by atoms with Crippen molar-refractivity contribution in [3.8, 4) is 0 Å². The molecule has 6 nitrogen and oxygen atoms in total. The van der Waals surface area contributed by atoms with E-state index in [1.54, 1.807) is 18.2 Å². The van der Waals surface area contributed by atoms with Crippen molar-refractivity contribution in [3.63, 3.8) is 0 Å². The number of hydrogen-bond donors (Lipinski definition) is 3. The van der Waals surface area contributed by atoms with Crippen LogP contribution in [-0.4, -0.2) is 29.4 Å². The zero-order chi connectivity index (χ0) is 25.3. The van der Waals surface area contributed by atoms with Crippen molar-refractivity contribution in [2.45, 2.75) is 71.1 Å². The molecule has 35 heavy (non-hydrogen) atoms. The molecule has 0 aliphatic rings. The third kappa shape index (κ3) is 11.0. The van der Waals surface area contributed by atoms with E-state index in [2.05, 4.69) is 17.6 Å². The third-order valence-corrected chi connectivity index (χ3v) is 5.75. The van der Waals surface area contributed by atoms with Gasteiger partial charge in [-0.3, -0.25) is 14.4 Å². The monoisotopic (exact) mass is 478 g/mol. The van der Waals surface area contributed by atoms with Gasteiger partial charge in [0.2, 0.25) is 11.8 Å². The summed E-state index contributed by atoms with van der Waals surface area (Å²) in [5.74, 6) is -1.59. The minimum absolute atomic E-state index is 0.118. The van der Waals surface area contributed by atoms with Crippen LogP contribution in [0.3, 0.4) is 0 Å². The Balaban J connectivity index is 2.05. The number of carboxylic acids is 1. The van der Waals surface area contributed by atoms with Crippen molar-refractivity contribution in [1.29, 1.82) is 0 Å². The van der Waals surface area contributed by atoms with Crippen LogP contribution < -0.4 is 10.6 Å². The van der Waals surface area contributed by atoms with Crippen LogP contribution in [0.4, 0.5) is 5.69 Å². The van der Waals surface area contributed by atoms with Crippen LogP contribution in [0.2, 0.25) is 0 Å². The van der Waals surface area contributed by atoms with E-state index in [1.165, 1.54) is 38.5 Å². The number of anilines is 1. The van der Waals surface area contributed by atoms with Crippen LogP contribution in [0.15, 0.2) is 60.7 Å². The summed E-state index contributed by atoms with van der Waals surface area (Å²) in [6.45, 7) is 2.84. The van der Waals surface area contributed by atoms with E-state index in [9.17, 15) is 14.4 Å². The van der Waals surface area contributed by atoms with Gasteiger partial charge >= 0.3 is 5.97 Å². The molecule has 6 heteroatoms. The van der Waals surface area contributed by atoms with Crippen LogP contribution in [-0.2, 0) is 14.4 Å². The lowest BCUT2D eigenvalue weighted by Crippen LogP contribution is -2.22. The smallest absolute Gasteiger partial charge is 0.303 e. The Morgan fingerprint density at radius 1 is 0.800 bits per heavy atom. The molecule has 0 bridgehead atoms. The Hall–Kier alpha value is -3.41. The number of rotatable bonds is 16. The summed E-state index contributed by atoms with van der Waals surface area (Å²) < 4.78 is 0. The maximum absolute atomic E-state index is 12.8. The highest BCUT2D eigenvalue weighted by atomic mass is 16.4. The molecule has 0 heterocycles. The molecule has 0 radical (unpaired) electrons. The Labute approximate surface area is 208 Å². The van der Waals surface area contributed by atoms with Gasteiger partial charge in [-0.2, -0.15) is 0 Å². The number of hydrogen-bond acceptors (Lipinski definition) is 3. The summed E-state index contributed by atoms with van der Waals surface area (Å²) in [7, 11) is 0. The zero-order valence-corrected chi connectivity index (χ0v) is 20.7. The Morgan fingerprint density at radius 2 is 1.43 bits per heavy atom.